The molecule has 0 spiro atoms. The number of aliphatic hydroxyl groups excluding tert-OH is 7. The van der Waals surface area contributed by atoms with E-state index in [1.54, 1.807) is 0 Å². The predicted molar refractivity (Wildman–Crippen MR) is 62.4 cm³/mol. The zero-order valence-corrected chi connectivity index (χ0v) is 11.0. The highest BCUT2D eigenvalue weighted by Gasteiger charge is 2.46. The molecule has 0 aromatic rings. The number of aliphatic hydroxyl groups is 7. The van der Waals surface area contributed by atoms with Gasteiger partial charge in [0.15, 0.2) is 18.9 Å². The van der Waals surface area contributed by atoms with E-state index in [0.29, 0.717) is 0 Å². The smallest absolute Gasteiger partial charge is 0.189 e. The summed E-state index contributed by atoms with van der Waals surface area (Å²) in [6.07, 6.45) is -13.1. The normalized spacial score (nSPS) is 51.9. The second-order valence-electron chi connectivity index (χ2n) is 5.09. The minimum absolute atomic E-state index is 0.117. The Balaban J connectivity index is 2.02. The monoisotopic (exact) mass is 312 g/mol. The molecule has 2 aliphatic heterocycles. The van der Waals surface area contributed by atoms with Crippen LogP contribution in [-0.4, -0.2) is 97.8 Å². The van der Waals surface area contributed by atoms with Crippen molar-refractivity contribution in [1.29, 1.82) is 0 Å². The number of hydrogen-bond donors (Lipinski definition) is 7. The molecule has 2 aliphatic rings. The van der Waals surface area contributed by atoms with Gasteiger partial charge in [-0.05, 0) is 0 Å². The first-order valence-electron chi connectivity index (χ1n) is 6.50. The third-order valence-electron chi connectivity index (χ3n) is 3.57. The summed E-state index contributed by atoms with van der Waals surface area (Å²) in [7, 11) is 0. The van der Waals surface area contributed by atoms with Crippen LogP contribution in [0.4, 0.5) is 0 Å². The Labute approximate surface area is 119 Å². The van der Waals surface area contributed by atoms with Crippen molar-refractivity contribution in [3.8, 4) is 0 Å². The highest BCUT2D eigenvalue weighted by atomic mass is 16.8. The summed E-state index contributed by atoms with van der Waals surface area (Å²) in [5.74, 6) is 0. The average Bonchev–Trinajstić information content (AvgIpc) is 2.46. The fraction of sp³-hybridized carbons (Fsp3) is 1.00. The van der Waals surface area contributed by atoms with Gasteiger partial charge in [0.2, 0.25) is 0 Å². The molecule has 10 nitrogen and oxygen atoms in total. The van der Waals surface area contributed by atoms with Crippen LogP contribution in [0.1, 0.15) is 6.42 Å². The molecule has 124 valence electrons. The van der Waals surface area contributed by atoms with Gasteiger partial charge in [0, 0.05) is 6.42 Å². The molecular weight excluding hydrogens is 292 g/mol. The van der Waals surface area contributed by atoms with E-state index < -0.39 is 62.1 Å². The third kappa shape index (κ3) is 3.51. The quantitative estimate of drug-likeness (QED) is 0.270. The standard InChI is InChI=1S/C11H20O10/c12-2-5-4(1-3(13)9(17)19-5)20-11-8(16)6(14)7(15)10(18)21-11/h3-18H,1-2H2/t3-,4+,5-,6?,7?,8?,9-,10?,11?/m1/s1. The lowest BCUT2D eigenvalue weighted by atomic mass is 10.0. The third-order valence-corrected chi connectivity index (χ3v) is 3.57. The topological polar surface area (TPSA) is 169 Å². The zero-order chi connectivity index (χ0) is 15.7. The maximum Gasteiger partial charge on any atom is 0.189 e. The first-order valence-corrected chi connectivity index (χ1v) is 6.50. The molecule has 10 heteroatoms. The van der Waals surface area contributed by atoms with Crippen molar-refractivity contribution < 1.29 is 50.0 Å². The van der Waals surface area contributed by atoms with Crippen LogP contribution in [0.15, 0.2) is 0 Å². The lowest BCUT2D eigenvalue weighted by molar-refractivity contribution is -0.364. The van der Waals surface area contributed by atoms with Crippen LogP contribution in [0.5, 0.6) is 0 Å². The summed E-state index contributed by atoms with van der Waals surface area (Å²) in [4.78, 5) is 0. The van der Waals surface area contributed by atoms with Crippen molar-refractivity contribution in [2.24, 2.45) is 0 Å². The van der Waals surface area contributed by atoms with Gasteiger partial charge in [0.25, 0.3) is 0 Å². The molecule has 2 saturated heterocycles. The van der Waals surface area contributed by atoms with E-state index in [2.05, 4.69) is 0 Å². The Kier molecular flexibility index (Phi) is 5.48. The summed E-state index contributed by atoms with van der Waals surface area (Å²) in [5, 5.41) is 66.0. The number of rotatable bonds is 3. The molecule has 7 N–H and O–H groups in total. The molecular formula is C11H20O10. The minimum atomic E-state index is -1.76. The highest BCUT2D eigenvalue weighted by Crippen LogP contribution is 2.27. The van der Waals surface area contributed by atoms with E-state index in [1.807, 2.05) is 0 Å². The van der Waals surface area contributed by atoms with Crippen LogP contribution in [-0.2, 0) is 14.2 Å². The van der Waals surface area contributed by atoms with Gasteiger partial charge in [-0.15, -0.1) is 0 Å². The van der Waals surface area contributed by atoms with E-state index in [0.717, 1.165) is 0 Å². The Hall–Kier alpha value is -0.400. The maximum atomic E-state index is 9.75. The molecule has 0 aromatic heterocycles. The average molecular weight is 312 g/mol. The van der Waals surface area contributed by atoms with E-state index in [-0.39, 0.29) is 6.42 Å². The number of hydrogen-bond acceptors (Lipinski definition) is 10. The first-order chi connectivity index (χ1) is 9.85. The van der Waals surface area contributed by atoms with Gasteiger partial charge in [-0.25, -0.2) is 0 Å². The fourth-order valence-corrected chi connectivity index (χ4v) is 2.28. The summed E-state index contributed by atoms with van der Waals surface area (Å²) >= 11 is 0. The van der Waals surface area contributed by atoms with Crippen LogP contribution in [0, 0.1) is 0 Å². The van der Waals surface area contributed by atoms with Crippen LogP contribution < -0.4 is 0 Å². The van der Waals surface area contributed by atoms with Crippen LogP contribution in [0.2, 0.25) is 0 Å². The second kappa shape index (κ2) is 6.79. The Morgan fingerprint density at radius 1 is 0.857 bits per heavy atom. The predicted octanol–water partition coefficient (Wildman–Crippen LogP) is -4.41. The SMILES string of the molecule is OC[C@H]1O[C@@H](O)[C@H](O)C[C@@H]1OC1OC(O)C(O)C(O)C1O. The van der Waals surface area contributed by atoms with Gasteiger partial charge in [0.1, 0.15) is 30.5 Å². The number of ether oxygens (including phenoxy) is 3. The van der Waals surface area contributed by atoms with Crippen molar-refractivity contribution in [3.63, 3.8) is 0 Å². The summed E-state index contributed by atoms with van der Waals surface area (Å²) in [6, 6.07) is 0. The molecule has 2 rings (SSSR count). The largest absolute Gasteiger partial charge is 0.394 e. The molecule has 0 aliphatic carbocycles. The van der Waals surface area contributed by atoms with E-state index in [9.17, 15) is 30.6 Å². The van der Waals surface area contributed by atoms with Crippen molar-refractivity contribution in [1.82, 2.24) is 0 Å². The molecule has 2 fully saturated rings. The van der Waals surface area contributed by atoms with Gasteiger partial charge in [-0.1, -0.05) is 0 Å². The van der Waals surface area contributed by atoms with E-state index >= 15 is 0 Å². The Morgan fingerprint density at radius 3 is 2.14 bits per heavy atom. The van der Waals surface area contributed by atoms with E-state index in [1.165, 1.54) is 0 Å². The van der Waals surface area contributed by atoms with Gasteiger partial charge in [-0.3, -0.25) is 0 Å². The van der Waals surface area contributed by atoms with E-state index in [4.69, 9.17) is 19.3 Å². The summed E-state index contributed by atoms with van der Waals surface area (Å²) < 4.78 is 15.1. The fourth-order valence-electron chi connectivity index (χ4n) is 2.28. The van der Waals surface area contributed by atoms with Gasteiger partial charge < -0.3 is 50.0 Å². The van der Waals surface area contributed by atoms with Gasteiger partial charge >= 0.3 is 0 Å². The van der Waals surface area contributed by atoms with Gasteiger partial charge in [0.05, 0.1) is 12.7 Å². The van der Waals surface area contributed by atoms with Crippen molar-refractivity contribution in [3.05, 3.63) is 0 Å². The van der Waals surface area contributed by atoms with Crippen LogP contribution in [0.25, 0.3) is 0 Å². The lowest BCUT2D eigenvalue weighted by Crippen LogP contribution is -2.60. The molecule has 0 aromatic carbocycles. The molecule has 2 heterocycles. The second-order valence-corrected chi connectivity index (χ2v) is 5.09. The summed E-state index contributed by atoms with van der Waals surface area (Å²) in [5.41, 5.74) is 0. The molecule has 0 radical (unpaired) electrons. The maximum absolute atomic E-state index is 9.75. The van der Waals surface area contributed by atoms with Crippen molar-refractivity contribution in [2.75, 3.05) is 6.61 Å². The Bertz CT molecular complexity index is 335. The molecule has 21 heavy (non-hydrogen) atoms. The molecule has 5 unspecified atom stereocenters. The highest BCUT2D eigenvalue weighted by molar-refractivity contribution is 4.87. The summed E-state index contributed by atoms with van der Waals surface area (Å²) in [6.45, 7) is -0.523. The molecule has 0 amide bonds. The first kappa shape index (κ1) is 17.0. The lowest BCUT2D eigenvalue weighted by Gasteiger charge is -2.42. The Morgan fingerprint density at radius 2 is 1.52 bits per heavy atom. The van der Waals surface area contributed by atoms with Crippen LogP contribution in [0.3, 0.4) is 0 Å². The molecule has 0 bridgehead atoms. The zero-order valence-electron chi connectivity index (χ0n) is 11.0. The minimum Gasteiger partial charge on any atom is -0.394 e. The van der Waals surface area contributed by atoms with Crippen LogP contribution >= 0.6 is 0 Å². The molecule has 9 atom stereocenters. The van der Waals surface area contributed by atoms with Crippen molar-refractivity contribution >= 4 is 0 Å². The van der Waals surface area contributed by atoms with Crippen molar-refractivity contribution in [2.45, 2.75) is 61.9 Å². The molecule has 0 saturated carbocycles. The van der Waals surface area contributed by atoms with Gasteiger partial charge in [-0.2, -0.15) is 0 Å².